The lowest BCUT2D eigenvalue weighted by molar-refractivity contribution is 0.167. The molecule has 1 fully saturated rings. The third kappa shape index (κ3) is 3.38. The van der Waals surface area contributed by atoms with E-state index in [2.05, 4.69) is 44.5 Å². The summed E-state index contributed by atoms with van der Waals surface area (Å²) in [6.07, 6.45) is 0.596. The molecule has 0 saturated carbocycles. The summed E-state index contributed by atoms with van der Waals surface area (Å²) < 4.78 is 4.64. The second-order valence-corrected chi connectivity index (χ2v) is 4.73. The molecule has 1 atom stereocenters. The molecule has 104 valence electrons. The summed E-state index contributed by atoms with van der Waals surface area (Å²) >= 11 is 0. The Labute approximate surface area is 113 Å². The lowest BCUT2D eigenvalue weighted by Crippen LogP contribution is -2.37. The number of nitrogens with one attached hydrogen (secondary N) is 2. The van der Waals surface area contributed by atoms with Gasteiger partial charge in [-0.05, 0) is 25.1 Å². The molecule has 2 N–H and O–H groups in total. The fraction of sp³-hybridized carbons (Fsp3) is 0.500. The topological polar surface area (TPSA) is 53.6 Å². The molecule has 0 spiro atoms. The number of methoxy groups -OCH3 is 1. The van der Waals surface area contributed by atoms with E-state index in [0.29, 0.717) is 0 Å². The second kappa shape index (κ2) is 6.43. The molecule has 1 saturated heterocycles. The van der Waals surface area contributed by atoms with E-state index < -0.39 is 0 Å². The predicted octanol–water partition coefficient (Wildman–Crippen LogP) is 1.34. The first kappa shape index (κ1) is 13.7. The van der Waals surface area contributed by atoms with E-state index in [1.54, 1.807) is 0 Å². The highest BCUT2D eigenvalue weighted by Gasteiger charge is 2.25. The molecule has 0 aromatic heterocycles. The van der Waals surface area contributed by atoms with Crippen molar-refractivity contribution in [2.75, 3.05) is 32.1 Å². The molecule has 1 aliphatic heterocycles. The number of carbonyl (C=O) groups excluding carboxylic acids is 1. The second-order valence-electron chi connectivity index (χ2n) is 4.73. The summed E-state index contributed by atoms with van der Waals surface area (Å²) in [6.45, 7) is 2.63. The number of benzene rings is 1. The lowest BCUT2D eigenvalue weighted by atomic mass is 10.1. The van der Waals surface area contributed by atoms with Crippen LogP contribution >= 0.6 is 0 Å². The molecule has 1 aromatic rings. The monoisotopic (exact) mass is 263 g/mol. The number of ether oxygens (including phenoxy) is 1. The van der Waals surface area contributed by atoms with Gasteiger partial charge in [-0.2, -0.15) is 0 Å². The molecule has 5 nitrogen and oxygen atoms in total. The predicted molar refractivity (Wildman–Crippen MR) is 75.4 cm³/mol. The highest BCUT2D eigenvalue weighted by atomic mass is 16.5. The fourth-order valence-electron chi connectivity index (χ4n) is 2.48. The molecular formula is C14H21N3O2. The van der Waals surface area contributed by atoms with Crippen molar-refractivity contribution in [1.82, 2.24) is 10.6 Å². The first-order valence-electron chi connectivity index (χ1n) is 6.56. The normalized spacial score (nSPS) is 18.4. The van der Waals surface area contributed by atoms with Crippen LogP contribution in [0, 0.1) is 0 Å². The maximum absolute atomic E-state index is 11.2. The third-order valence-corrected chi connectivity index (χ3v) is 3.40. The van der Waals surface area contributed by atoms with E-state index in [9.17, 15) is 4.79 Å². The van der Waals surface area contributed by atoms with Crippen LogP contribution in [0.3, 0.4) is 0 Å². The van der Waals surface area contributed by atoms with Crippen LogP contribution in [0.1, 0.15) is 12.0 Å². The maximum Gasteiger partial charge on any atom is 0.407 e. The summed E-state index contributed by atoms with van der Waals surface area (Å²) in [5.74, 6) is 0. The average Bonchev–Trinajstić information content (AvgIpc) is 2.88. The molecule has 1 heterocycles. The van der Waals surface area contributed by atoms with Gasteiger partial charge in [0.15, 0.2) is 0 Å². The van der Waals surface area contributed by atoms with Gasteiger partial charge in [0.25, 0.3) is 0 Å². The van der Waals surface area contributed by atoms with Gasteiger partial charge in [-0.3, -0.25) is 0 Å². The highest BCUT2D eigenvalue weighted by Crippen LogP contribution is 2.24. The van der Waals surface area contributed by atoms with E-state index in [1.807, 2.05) is 7.05 Å². The van der Waals surface area contributed by atoms with E-state index in [1.165, 1.54) is 18.4 Å². The summed E-state index contributed by atoms with van der Waals surface area (Å²) in [5.41, 5.74) is 2.52. The van der Waals surface area contributed by atoms with Gasteiger partial charge in [0, 0.05) is 25.3 Å². The number of nitrogens with zero attached hydrogens (tertiary/aromatic N) is 1. The Balaban J connectivity index is 2.02. The van der Waals surface area contributed by atoms with Crippen molar-refractivity contribution >= 4 is 11.8 Å². The number of anilines is 1. The van der Waals surface area contributed by atoms with Crippen LogP contribution in [0.15, 0.2) is 24.3 Å². The van der Waals surface area contributed by atoms with Gasteiger partial charge in [-0.1, -0.05) is 18.2 Å². The number of hydrogen-bond donors (Lipinski definition) is 2. The summed E-state index contributed by atoms with van der Waals surface area (Å²) in [6, 6.07) is 8.53. The average molecular weight is 263 g/mol. The summed E-state index contributed by atoms with van der Waals surface area (Å²) in [5, 5.41) is 6.05. The number of hydrogen-bond acceptors (Lipinski definition) is 4. The van der Waals surface area contributed by atoms with Gasteiger partial charge in [-0.25, -0.2) is 4.79 Å². The molecule has 1 unspecified atom stereocenters. The molecule has 0 bridgehead atoms. The molecule has 0 radical (unpaired) electrons. The Morgan fingerprint density at radius 2 is 2.26 bits per heavy atom. The van der Waals surface area contributed by atoms with Crippen molar-refractivity contribution in [3.63, 3.8) is 0 Å². The number of carbonyl (C=O) groups is 1. The van der Waals surface area contributed by atoms with E-state index in [0.717, 1.165) is 26.1 Å². The van der Waals surface area contributed by atoms with E-state index >= 15 is 0 Å². The largest absolute Gasteiger partial charge is 0.453 e. The standard InChI is InChI=1S/C14H21N3O2/c1-15-9-11-5-3-4-6-13(11)17-8-7-12(10-17)16-14(18)19-2/h3-6,12,15H,7-10H2,1-2H3,(H,16,18). The number of para-hydroxylation sites is 1. The maximum atomic E-state index is 11.2. The zero-order chi connectivity index (χ0) is 13.7. The minimum Gasteiger partial charge on any atom is -0.453 e. The van der Waals surface area contributed by atoms with E-state index in [4.69, 9.17) is 0 Å². The zero-order valence-corrected chi connectivity index (χ0v) is 11.5. The highest BCUT2D eigenvalue weighted by molar-refractivity contribution is 5.67. The lowest BCUT2D eigenvalue weighted by Gasteiger charge is -2.22. The Hall–Kier alpha value is -1.75. The van der Waals surface area contributed by atoms with Crippen LogP contribution in [-0.2, 0) is 11.3 Å². The van der Waals surface area contributed by atoms with Crippen molar-refractivity contribution in [2.24, 2.45) is 0 Å². The zero-order valence-electron chi connectivity index (χ0n) is 11.5. The molecule has 1 amide bonds. The molecule has 1 aromatic carbocycles. The molecule has 19 heavy (non-hydrogen) atoms. The number of amides is 1. The van der Waals surface area contributed by atoms with Crippen LogP contribution in [-0.4, -0.2) is 39.4 Å². The van der Waals surface area contributed by atoms with Gasteiger partial charge >= 0.3 is 6.09 Å². The SMILES string of the molecule is CNCc1ccccc1N1CCC(NC(=O)OC)C1. The smallest absolute Gasteiger partial charge is 0.407 e. The van der Waals surface area contributed by atoms with Crippen molar-refractivity contribution < 1.29 is 9.53 Å². The van der Waals surface area contributed by atoms with Crippen molar-refractivity contribution in [2.45, 2.75) is 19.0 Å². The van der Waals surface area contributed by atoms with Gasteiger partial charge in [-0.15, -0.1) is 0 Å². The van der Waals surface area contributed by atoms with Crippen LogP contribution < -0.4 is 15.5 Å². The van der Waals surface area contributed by atoms with Gasteiger partial charge in [0.2, 0.25) is 0 Å². The Bertz CT molecular complexity index is 436. The third-order valence-electron chi connectivity index (χ3n) is 3.40. The molecule has 1 aliphatic rings. The number of alkyl carbamates (subject to hydrolysis) is 1. The molecule has 0 aliphatic carbocycles. The molecule has 2 rings (SSSR count). The van der Waals surface area contributed by atoms with E-state index in [-0.39, 0.29) is 12.1 Å². The Morgan fingerprint density at radius 3 is 3.00 bits per heavy atom. The molecule has 5 heteroatoms. The first-order valence-corrected chi connectivity index (χ1v) is 6.56. The van der Waals surface area contributed by atoms with Crippen LogP contribution in [0.5, 0.6) is 0 Å². The summed E-state index contributed by atoms with van der Waals surface area (Å²) in [7, 11) is 3.34. The summed E-state index contributed by atoms with van der Waals surface area (Å²) in [4.78, 5) is 13.5. The fourth-order valence-corrected chi connectivity index (χ4v) is 2.48. The Kier molecular flexibility index (Phi) is 4.63. The minimum atomic E-state index is -0.352. The van der Waals surface area contributed by atoms with Crippen molar-refractivity contribution in [3.8, 4) is 0 Å². The van der Waals surface area contributed by atoms with Crippen LogP contribution in [0.25, 0.3) is 0 Å². The first-order chi connectivity index (χ1) is 9.24. The van der Waals surface area contributed by atoms with Gasteiger partial charge in [0.05, 0.1) is 13.2 Å². The number of rotatable bonds is 4. The van der Waals surface area contributed by atoms with Crippen LogP contribution in [0.4, 0.5) is 10.5 Å². The minimum absolute atomic E-state index is 0.162. The van der Waals surface area contributed by atoms with Crippen molar-refractivity contribution in [1.29, 1.82) is 0 Å². The quantitative estimate of drug-likeness (QED) is 0.861. The van der Waals surface area contributed by atoms with Crippen LogP contribution in [0.2, 0.25) is 0 Å². The molecular weight excluding hydrogens is 242 g/mol. The van der Waals surface area contributed by atoms with Gasteiger partial charge in [0.1, 0.15) is 0 Å². The Morgan fingerprint density at radius 1 is 1.47 bits per heavy atom. The van der Waals surface area contributed by atoms with Gasteiger partial charge < -0.3 is 20.3 Å². The van der Waals surface area contributed by atoms with Crippen molar-refractivity contribution in [3.05, 3.63) is 29.8 Å².